The van der Waals surface area contributed by atoms with E-state index in [9.17, 15) is 0 Å². The van der Waals surface area contributed by atoms with E-state index in [1.54, 1.807) is 0 Å². The molecule has 15 heavy (non-hydrogen) atoms. The molecular weight excluding hydrogens is 186 g/mol. The van der Waals surface area contributed by atoms with Crippen LogP contribution in [-0.2, 0) is 6.54 Å². The molecule has 0 fully saturated rings. The molecule has 2 atom stereocenters. The first-order valence-corrected chi connectivity index (χ1v) is 5.90. The van der Waals surface area contributed by atoms with Gasteiger partial charge in [-0.1, -0.05) is 27.2 Å². The van der Waals surface area contributed by atoms with Crippen LogP contribution in [0.1, 0.15) is 32.9 Å². The lowest BCUT2D eigenvalue weighted by Crippen LogP contribution is -2.38. The minimum atomic E-state index is 0.527. The van der Waals surface area contributed by atoms with Crippen molar-refractivity contribution < 1.29 is 0 Å². The minimum Gasteiger partial charge on any atom is -0.312 e. The van der Waals surface area contributed by atoms with Gasteiger partial charge in [0.2, 0.25) is 0 Å². The Morgan fingerprint density at radius 2 is 2.20 bits per heavy atom. The summed E-state index contributed by atoms with van der Waals surface area (Å²) in [5, 5.41) is 7.96. The third-order valence-electron chi connectivity index (χ3n) is 2.95. The molecule has 0 saturated heterocycles. The summed E-state index contributed by atoms with van der Waals surface area (Å²) in [7, 11) is 0. The maximum atomic E-state index is 4.43. The molecule has 1 N–H and O–H groups in total. The Bertz CT molecular complexity index is 280. The molecular formula is C12H23N3. The lowest BCUT2D eigenvalue weighted by atomic mass is 9.99. The highest BCUT2D eigenvalue weighted by Crippen LogP contribution is 2.09. The molecule has 0 aliphatic carbocycles. The second kappa shape index (κ2) is 5.91. The second-order valence-electron chi connectivity index (χ2n) is 4.23. The molecule has 2 unspecified atom stereocenters. The average Bonchev–Trinajstić information content (AvgIpc) is 2.62. The molecule has 0 spiro atoms. The largest absolute Gasteiger partial charge is 0.312 e. The molecule has 0 aliphatic heterocycles. The zero-order chi connectivity index (χ0) is 11.3. The van der Waals surface area contributed by atoms with Gasteiger partial charge in [0.1, 0.15) is 0 Å². The topological polar surface area (TPSA) is 29.9 Å². The van der Waals surface area contributed by atoms with Crippen molar-refractivity contribution in [3.05, 3.63) is 18.0 Å². The quantitative estimate of drug-likeness (QED) is 0.778. The van der Waals surface area contributed by atoms with Gasteiger partial charge < -0.3 is 5.32 Å². The number of nitrogens with zero attached hydrogens (tertiary/aromatic N) is 2. The van der Waals surface area contributed by atoms with Crippen LogP contribution in [0, 0.1) is 12.8 Å². The Hall–Kier alpha value is -0.830. The van der Waals surface area contributed by atoms with Crippen LogP contribution in [0.15, 0.2) is 12.3 Å². The van der Waals surface area contributed by atoms with Crippen LogP contribution in [-0.4, -0.2) is 22.4 Å². The van der Waals surface area contributed by atoms with Crippen LogP contribution in [0.3, 0.4) is 0 Å². The highest BCUT2D eigenvalue weighted by molar-refractivity contribution is 4.95. The third-order valence-corrected chi connectivity index (χ3v) is 2.95. The summed E-state index contributed by atoms with van der Waals surface area (Å²) in [6.45, 7) is 10.7. The van der Waals surface area contributed by atoms with Gasteiger partial charge in [-0.15, -0.1) is 0 Å². The predicted octanol–water partition coefficient (Wildman–Crippen LogP) is 2.22. The monoisotopic (exact) mass is 209 g/mol. The van der Waals surface area contributed by atoms with Gasteiger partial charge in [-0.3, -0.25) is 4.68 Å². The van der Waals surface area contributed by atoms with Gasteiger partial charge in [-0.2, -0.15) is 5.10 Å². The molecule has 3 nitrogen and oxygen atoms in total. The molecule has 3 heteroatoms. The molecule has 1 aromatic rings. The van der Waals surface area contributed by atoms with Gasteiger partial charge in [0.15, 0.2) is 0 Å². The van der Waals surface area contributed by atoms with Crippen LogP contribution < -0.4 is 5.32 Å². The van der Waals surface area contributed by atoms with Crippen LogP contribution in [0.2, 0.25) is 0 Å². The van der Waals surface area contributed by atoms with Crippen molar-refractivity contribution in [3.63, 3.8) is 0 Å². The van der Waals surface area contributed by atoms with E-state index >= 15 is 0 Å². The fourth-order valence-electron chi connectivity index (χ4n) is 1.76. The summed E-state index contributed by atoms with van der Waals surface area (Å²) in [4.78, 5) is 0. The number of likely N-dealkylation sites (N-methyl/N-ethyl adjacent to an activating group) is 1. The molecule has 1 aromatic heterocycles. The zero-order valence-corrected chi connectivity index (χ0v) is 10.3. The molecule has 0 saturated carbocycles. The number of rotatable bonds is 6. The Balaban J connectivity index is 2.57. The molecule has 1 rings (SSSR count). The van der Waals surface area contributed by atoms with Crippen molar-refractivity contribution in [2.24, 2.45) is 5.92 Å². The van der Waals surface area contributed by atoms with E-state index in [0.717, 1.165) is 18.8 Å². The first kappa shape index (κ1) is 12.2. The summed E-state index contributed by atoms with van der Waals surface area (Å²) >= 11 is 0. The van der Waals surface area contributed by atoms with Crippen LogP contribution >= 0.6 is 0 Å². The fourth-order valence-corrected chi connectivity index (χ4v) is 1.76. The highest BCUT2D eigenvalue weighted by Gasteiger charge is 2.15. The molecule has 0 amide bonds. The average molecular weight is 209 g/mol. The van der Waals surface area contributed by atoms with Crippen molar-refractivity contribution in [1.29, 1.82) is 0 Å². The van der Waals surface area contributed by atoms with E-state index in [1.807, 2.05) is 11.6 Å². The van der Waals surface area contributed by atoms with Gasteiger partial charge in [0.25, 0.3) is 0 Å². The lowest BCUT2D eigenvalue weighted by molar-refractivity contribution is 0.323. The standard InChI is InChI=1S/C12H23N3/c1-5-10(3)12(13-6-2)9-15-8-7-11(4)14-15/h7-8,10,12-13H,5-6,9H2,1-4H3. The number of hydrogen-bond donors (Lipinski definition) is 1. The lowest BCUT2D eigenvalue weighted by Gasteiger charge is -2.23. The number of nitrogens with one attached hydrogen (secondary N) is 1. The highest BCUT2D eigenvalue weighted by atomic mass is 15.3. The van der Waals surface area contributed by atoms with Crippen LogP contribution in [0.4, 0.5) is 0 Å². The van der Waals surface area contributed by atoms with Crippen molar-refractivity contribution in [3.8, 4) is 0 Å². The van der Waals surface area contributed by atoms with Crippen molar-refractivity contribution in [2.75, 3.05) is 6.54 Å². The SMILES string of the molecule is CCNC(Cn1ccc(C)n1)C(C)CC. The molecule has 0 aliphatic rings. The second-order valence-corrected chi connectivity index (χ2v) is 4.23. The fraction of sp³-hybridized carbons (Fsp3) is 0.750. The minimum absolute atomic E-state index is 0.527. The number of aryl methyl sites for hydroxylation is 1. The van der Waals surface area contributed by atoms with Crippen molar-refractivity contribution in [2.45, 2.75) is 46.7 Å². The molecule has 1 heterocycles. The molecule has 86 valence electrons. The molecule has 0 bridgehead atoms. The molecule has 0 aromatic carbocycles. The predicted molar refractivity (Wildman–Crippen MR) is 63.9 cm³/mol. The Labute approximate surface area is 92.9 Å². The van der Waals surface area contributed by atoms with Crippen LogP contribution in [0.25, 0.3) is 0 Å². The third kappa shape index (κ3) is 3.67. The summed E-state index contributed by atoms with van der Waals surface area (Å²) in [6, 6.07) is 2.58. The van der Waals surface area contributed by atoms with Gasteiger partial charge >= 0.3 is 0 Å². The van der Waals surface area contributed by atoms with E-state index < -0.39 is 0 Å². The first-order chi connectivity index (χ1) is 7.17. The summed E-state index contributed by atoms with van der Waals surface area (Å²) in [5.41, 5.74) is 1.09. The molecule has 0 radical (unpaired) electrons. The smallest absolute Gasteiger partial charge is 0.0593 e. The van der Waals surface area contributed by atoms with Gasteiger partial charge in [-0.05, 0) is 25.5 Å². The maximum absolute atomic E-state index is 4.43. The Morgan fingerprint density at radius 3 is 2.67 bits per heavy atom. The van der Waals surface area contributed by atoms with E-state index in [0.29, 0.717) is 12.0 Å². The van der Waals surface area contributed by atoms with Crippen LogP contribution in [0.5, 0.6) is 0 Å². The normalized spacial score (nSPS) is 15.2. The van der Waals surface area contributed by atoms with Crippen molar-refractivity contribution in [1.82, 2.24) is 15.1 Å². The van der Waals surface area contributed by atoms with E-state index in [1.165, 1.54) is 6.42 Å². The van der Waals surface area contributed by atoms with Crippen molar-refractivity contribution >= 4 is 0 Å². The van der Waals surface area contributed by atoms with Gasteiger partial charge in [0.05, 0.1) is 12.2 Å². The Morgan fingerprint density at radius 1 is 1.47 bits per heavy atom. The summed E-state index contributed by atoms with van der Waals surface area (Å²) in [6.07, 6.45) is 3.26. The van der Waals surface area contributed by atoms with E-state index in [2.05, 4.69) is 43.4 Å². The maximum Gasteiger partial charge on any atom is 0.0593 e. The zero-order valence-electron chi connectivity index (χ0n) is 10.3. The van der Waals surface area contributed by atoms with E-state index in [4.69, 9.17) is 0 Å². The van der Waals surface area contributed by atoms with E-state index in [-0.39, 0.29) is 0 Å². The van der Waals surface area contributed by atoms with Gasteiger partial charge in [0, 0.05) is 12.2 Å². The summed E-state index contributed by atoms with van der Waals surface area (Å²) < 4.78 is 2.04. The summed E-state index contributed by atoms with van der Waals surface area (Å²) in [5.74, 6) is 0.689. The Kier molecular flexibility index (Phi) is 4.82. The number of hydrogen-bond acceptors (Lipinski definition) is 2. The van der Waals surface area contributed by atoms with Gasteiger partial charge in [-0.25, -0.2) is 0 Å². The number of aromatic nitrogens is 2. The first-order valence-electron chi connectivity index (χ1n) is 5.90.